The first-order valence-corrected chi connectivity index (χ1v) is 8.48. The molecule has 118 valence electrons. The number of nitrogens with zero attached hydrogens (tertiary/aromatic N) is 2. The molecule has 0 spiro atoms. The number of para-hydroxylation sites is 2. The van der Waals surface area contributed by atoms with E-state index >= 15 is 0 Å². The number of hydrogen-bond donors (Lipinski definition) is 0. The Balaban J connectivity index is 1.73. The summed E-state index contributed by atoms with van der Waals surface area (Å²) in [5.41, 5.74) is 2.04. The highest BCUT2D eigenvalue weighted by Crippen LogP contribution is 2.28. The highest BCUT2D eigenvalue weighted by atomic mass is 16.2. The molecule has 2 heterocycles. The average molecular weight is 306 g/mol. The lowest BCUT2D eigenvalue weighted by molar-refractivity contribution is 0.0828. The maximum Gasteiger partial charge on any atom is 0.245 e. The molecular weight excluding hydrogens is 284 g/mol. The van der Waals surface area contributed by atoms with Crippen LogP contribution in [0.25, 0.3) is 21.8 Å². The molecule has 1 fully saturated rings. The largest absolute Gasteiger partial charge is 0.294 e. The number of rotatable bonds is 2. The van der Waals surface area contributed by atoms with Gasteiger partial charge in [-0.25, -0.2) is 0 Å². The molecule has 1 aliphatic rings. The Morgan fingerprint density at radius 2 is 1.48 bits per heavy atom. The summed E-state index contributed by atoms with van der Waals surface area (Å²) in [7, 11) is 0. The quantitative estimate of drug-likeness (QED) is 0.710. The summed E-state index contributed by atoms with van der Waals surface area (Å²) in [6, 6.07) is 16.4. The van der Waals surface area contributed by atoms with Crippen LogP contribution < -0.4 is 0 Å². The first-order chi connectivity index (χ1) is 11.2. The number of aromatic nitrogens is 1. The standard InChI is InChI=1S/C20H22N2O/c1-15-10-12-21(13-11-15)14-20(23)22-18-8-4-2-6-16(18)17-7-3-5-9-19(17)22/h2-9,15H,10-14H2,1H3. The lowest BCUT2D eigenvalue weighted by Gasteiger charge is -2.29. The van der Waals surface area contributed by atoms with Crippen LogP contribution in [0.15, 0.2) is 48.5 Å². The van der Waals surface area contributed by atoms with Gasteiger partial charge in [0.25, 0.3) is 0 Å². The first-order valence-electron chi connectivity index (χ1n) is 8.48. The van der Waals surface area contributed by atoms with Crippen molar-refractivity contribution >= 4 is 27.7 Å². The Bertz CT molecular complexity index is 803. The van der Waals surface area contributed by atoms with Gasteiger partial charge in [-0.1, -0.05) is 43.3 Å². The van der Waals surface area contributed by atoms with Gasteiger partial charge in [0.15, 0.2) is 0 Å². The summed E-state index contributed by atoms with van der Waals surface area (Å²) in [4.78, 5) is 15.3. The molecule has 0 amide bonds. The Hall–Kier alpha value is -2.13. The molecule has 1 aromatic heterocycles. The summed E-state index contributed by atoms with van der Waals surface area (Å²) in [6.45, 7) is 4.87. The summed E-state index contributed by atoms with van der Waals surface area (Å²) in [6.07, 6.45) is 2.39. The van der Waals surface area contributed by atoms with Crippen molar-refractivity contribution in [2.75, 3.05) is 19.6 Å². The van der Waals surface area contributed by atoms with E-state index in [1.54, 1.807) is 0 Å². The molecule has 0 radical (unpaired) electrons. The van der Waals surface area contributed by atoms with E-state index in [4.69, 9.17) is 0 Å². The second-order valence-corrected chi connectivity index (χ2v) is 6.72. The van der Waals surface area contributed by atoms with Crippen LogP contribution in [0.2, 0.25) is 0 Å². The molecule has 2 aromatic carbocycles. The molecule has 0 aliphatic carbocycles. The van der Waals surface area contributed by atoms with Crippen LogP contribution >= 0.6 is 0 Å². The van der Waals surface area contributed by atoms with Gasteiger partial charge in [-0.15, -0.1) is 0 Å². The number of carbonyl (C=O) groups is 1. The fourth-order valence-corrected chi connectivity index (χ4v) is 3.67. The van der Waals surface area contributed by atoms with Crippen molar-refractivity contribution in [2.45, 2.75) is 19.8 Å². The van der Waals surface area contributed by atoms with Gasteiger partial charge in [-0.3, -0.25) is 14.3 Å². The molecule has 0 N–H and O–H groups in total. The zero-order valence-electron chi connectivity index (χ0n) is 13.5. The molecule has 0 saturated carbocycles. The van der Waals surface area contributed by atoms with Crippen molar-refractivity contribution in [1.82, 2.24) is 9.47 Å². The number of benzene rings is 2. The van der Waals surface area contributed by atoms with Crippen LogP contribution in [0, 0.1) is 5.92 Å². The van der Waals surface area contributed by atoms with Crippen molar-refractivity contribution in [3.05, 3.63) is 48.5 Å². The normalized spacial score (nSPS) is 17.1. The van der Waals surface area contributed by atoms with Crippen molar-refractivity contribution in [3.8, 4) is 0 Å². The van der Waals surface area contributed by atoms with Crippen molar-refractivity contribution in [3.63, 3.8) is 0 Å². The topological polar surface area (TPSA) is 25.2 Å². The van der Waals surface area contributed by atoms with Gasteiger partial charge in [0.05, 0.1) is 17.6 Å². The third-order valence-electron chi connectivity index (χ3n) is 5.06. The van der Waals surface area contributed by atoms with E-state index in [0.29, 0.717) is 6.54 Å². The Morgan fingerprint density at radius 1 is 0.957 bits per heavy atom. The minimum atomic E-state index is 0.178. The van der Waals surface area contributed by atoms with Gasteiger partial charge in [0, 0.05) is 10.8 Å². The van der Waals surface area contributed by atoms with E-state index in [1.165, 1.54) is 12.8 Å². The van der Waals surface area contributed by atoms with Crippen molar-refractivity contribution in [2.24, 2.45) is 5.92 Å². The number of fused-ring (bicyclic) bond motifs is 3. The molecule has 0 atom stereocenters. The van der Waals surface area contributed by atoms with Gasteiger partial charge in [0.1, 0.15) is 0 Å². The molecule has 1 saturated heterocycles. The maximum atomic E-state index is 13.0. The molecule has 0 unspecified atom stereocenters. The third kappa shape index (κ3) is 2.55. The van der Waals surface area contributed by atoms with E-state index in [-0.39, 0.29) is 5.91 Å². The van der Waals surface area contributed by atoms with Gasteiger partial charge in [-0.05, 0) is 44.0 Å². The predicted octanol–water partition coefficient (Wildman–Crippen LogP) is 4.17. The predicted molar refractivity (Wildman–Crippen MR) is 94.9 cm³/mol. The first kappa shape index (κ1) is 14.5. The van der Waals surface area contributed by atoms with Gasteiger partial charge in [0.2, 0.25) is 5.91 Å². The van der Waals surface area contributed by atoms with Crippen molar-refractivity contribution < 1.29 is 4.79 Å². The Labute approximate surface area is 136 Å². The summed E-state index contributed by atoms with van der Waals surface area (Å²) >= 11 is 0. The Kier molecular flexibility index (Phi) is 3.66. The SMILES string of the molecule is CC1CCN(CC(=O)n2c3ccccc3c3ccccc32)CC1. The number of piperidine rings is 1. The zero-order valence-corrected chi connectivity index (χ0v) is 13.5. The fraction of sp³-hybridized carbons (Fsp3) is 0.350. The zero-order chi connectivity index (χ0) is 15.8. The highest BCUT2D eigenvalue weighted by Gasteiger charge is 2.21. The monoisotopic (exact) mass is 306 g/mol. The van der Waals surface area contributed by atoms with Crippen LogP contribution in [0.4, 0.5) is 0 Å². The van der Waals surface area contributed by atoms with Crippen LogP contribution in [0.5, 0.6) is 0 Å². The lowest BCUT2D eigenvalue weighted by Crippen LogP contribution is -2.38. The van der Waals surface area contributed by atoms with Crippen LogP contribution in [0.3, 0.4) is 0 Å². The van der Waals surface area contributed by atoms with E-state index in [2.05, 4.69) is 24.0 Å². The smallest absolute Gasteiger partial charge is 0.245 e. The lowest BCUT2D eigenvalue weighted by atomic mass is 9.99. The Morgan fingerprint density at radius 3 is 2.04 bits per heavy atom. The van der Waals surface area contributed by atoms with Crippen LogP contribution in [-0.4, -0.2) is 35.0 Å². The molecule has 3 aromatic rings. The van der Waals surface area contributed by atoms with E-state index in [0.717, 1.165) is 40.8 Å². The van der Waals surface area contributed by atoms with Gasteiger partial charge >= 0.3 is 0 Å². The molecule has 4 rings (SSSR count). The minimum Gasteiger partial charge on any atom is -0.294 e. The number of hydrogen-bond acceptors (Lipinski definition) is 2. The van der Waals surface area contributed by atoms with E-state index in [9.17, 15) is 4.79 Å². The van der Waals surface area contributed by atoms with E-state index < -0.39 is 0 Å². The molecular formula is C20H22N2O. The number of carbonyl (C=O) groups excluding carboxylic acids is 1. The summed E-state index contributed by atoms with van der Waals surface area (Å²) in [5.74, 6) is 0.964. The minimum absolute atomic E-state index is 0.178. The average Bonchev–Trinajstić information content (AvgIpc) is 2.91. The van der Waals surface area contributed by atoms with Gasteiger partial charge < -0.3 is 0 Å². The summed E-state index contributed by atoms with van der Waals surface area (Å²) in [5, 5.41) is 2.31. The molecule has 3 heteroatoms. The molecule has 1 aliphatic heterocycles. The third-order valence-corrected chi connectivity index (χ3v) is 5.06. The molecule has 3 nitrogen and oxygen atoms in total. The molecule has 23 heavy (non-hydrogen) atoms. The second kappa shape index (κ2) is 5.82. The second-order valence-electron chi connectivity index (χ2n) is 6.72. The maximum absolute atomic E-state index is 13.0. The fourth-order valence-electron chi connectivity index (χ4n) is 3.67. The van der Waals surface area contributed by atoms with Gasteiger partial charge in [-0.2, -0.15) is 0 Å². The van der Waals surface area contributed by atoms with E-state index in [1.807, 2.05) is 41.0 Å². The van der Waals surface area contributed by atoms with Crippen molar-refractivity contribution in [1.29, 1.82) is 0 Å². The van der Waals surface area contributed by atoms with Crippen LogP contribution in [0.1, 0.15) is 24.6 Å². The highest BCUT2D eigenvalue weighted by molar-refractivity contribution is 6.13. The molecule has 0 bridgehead atoms. The van der Waals surface area contributed by atoms with Crippen LogP contribution in [-0.2, 0) is 0 Å². The summed E-state index contributed by atoms with van der Waals surface area (Å²) < 4.78 is 1.91. The number of likely N-dealkylation sites (tertiary alicyclic amines) is 1.